The molecule has 0 aliphatic heterocycles. The van der Waals surface area contributed by atoms with Crippen LogP contribution in [0.5, 0.6) is 0 Å². The molecule has 268 valence electrons. The molecule has 0 N–H and O–H groups in total. The van der Waals surface area contributed by atoms with E-state index in [-0.39, 0.29) is 5.41 Å². The molecule has 0 amide bonds. The first kappa shape index (κ1) is 32.0. The molecule has 57 heavy (non-hydrogen) atoms. The third kappa shape index (κ3) is 4.74. The van der Waals surface area contributed by atoms with Crippen LogP contribution in [0.4, 0.5) is 0 Å². The highest BCUT2D eigenvalue weighted by Gasteiger charge is 2.37. The van der Waals surface area contributed by atoms with E-state index in [1.54, 1.807) is 0 Å². The van der Waals surface area contributed by atoms with Gasteiger partial charge in [-0.15, -0.1) is 0 Å². The number of hydrogen-bond donors (Lipinski definition) is 0. The van der Waals surface area contributed by atoms with Gasteiger partial charge in [-0.25, -0.2) is 9.97 Å². The molecule has 0 radical (unpaired) electrons. The molecule has 4 nitrogen and oxygen atoms in total. The van der Waals surface area contributed by atoms with Gasteiger partial charge >= 0.3 is 0 Å². The van der Waals surface area contributed by atoms with Gasteiger partial charge in [0.2, 0.25) is 0 Å². The highest BCUT2D eigenvalue weighted by molar-refractivity contribution is 6.13. The minimum absolute atomic E-state index is 0.190. The second-order valence-corrected chi connectivity index (χ2v) is 15.8. The lowest BCUT2D eigenvalue weighted by Crippen LogP contribution is -2.15. The Kier molecular flexibility index (Phi) is 6.65. The molecule has 0 spiro atoms. The minimum atomic E-state index is -0.190. The fourth-order valence-corrected chi connectivity index (χ4v) is 9.33. The number of benzene rings is 8. The Balaban J connectivity index is 0.931. The third-order valence-corrected chi connectivity index (χ3v) is 12.2. The van der Waals surface area contributed by atoms with E-state index in [1.165, 1.54) is 49.4 Å². The van der Waals surface area contributed by atoms with Crippen molar-refractivity contribution in [2.75, 3.05) is 0 Å². The van der Waals surface area contributed by atoms with Gasteiger partial charge in [-0.05, 0) is 88.0 Å². The maximum Gasteiger partial charge on any atom is 0.160 e. The molecule has 0 unspecified atom stereocenters. The zero-order valence-electron chi connectivity index (χ0n) is 31.5. The summed E-state index contributed by atoms with van der Waals surface area (Å²) in [7, 11) is 0. The quantitative estimate of drug-likeness (QED) is 0.181. The summed E-state index contributed by atoms with van der Waals surface area (Å²) in [5.41, 5.74) is 16.8. The molecule has 0 saturated heterocycles. The van der Waals surface area contributed by atoms with Crippen molar-refractivity contribution in [3.8, 4) is 50.6 Å². The van der Waals surface area contributed by atoms with E-state index in [1.807, 2.05) is 24.3 Å². The SMILES string of the molecule is CC1(C)c2cc3oc4ccccc4c3cc2-c2cc3c4ccccc4n(-c4ccc(-c5ccc(-c6nc(-c7ccccc7)c7ccccc7n6)cc5)cc4)c3cc21. The van der Waals surface area contributed by atoms with Gasteiger partial charge in [0.05, 0.1) is 22.2 Å². The first-order valence-corrected chi connectivity index (χ1v) is 19.6. The molecule has 3 heterocycles. The first-order chi connectivity index (χ1) is 28.0. The molecule has 8 aromatic carbocycles. The van der Waals surface area contributed by atoms with E-state index in [9.17, 15) is 0 Å². The van der Waals surface area contributed by atoms with Crippen molar-refractivity contribution in [2.45, 2.75) is 19.3 Å². The third-order valence-electron chi connectivity index (χ3n) is 12.2. The van der Waals surface area contributed by atoms with E-state index in [0.717, 1.165) is 66.9 Å². The summed E-state index contributed by atoms with van der Waals surface area (Å²) in [6, 6.07) is 62.8. The highest BCUT2D eigenvalue weighted by atomic mass is 16.3. The van der Waals surface area contributed by atoms with Gasteiger partial charge in [-0.1, -0.05) is 135 Å². The Bertz CT molecular complexity index is 3410. The summed E-state index contributed by atoms with van der Waals surface area (Å²) in [6.45, 7) is 4.69. The number of fused-ring (bicyclic) bond motifs is 10. The van der Waals surface area contributed by atoms with Crippen molar-refractivity contribution in [1.29, 1.82) is 0 Å². The lowest BCUT2D eigenvalue weighted by Gasteiger charge is -2.21. The zero-order valence-corrected chi connectivity index (χ0v) is 31.5. The van der Waals surface area contributed by atoms with E-state index >= 15 is 0 Å². The van der Waals surface area contributed by atoms with Gasteiger partial charge in [-0.2, -0.15) is 0 Å². The molecule has 11 aromatic rings. The van der Waals surface area contributed by atoms with Crippen molar-refractivity contribution < 1.29 is 4.42 Å². The minimum Gasteiger partial charge on any atom is -0.456 e. The summed E-state index contributed by atoms with van der Waals surface area (Å²) in [5, 5.41) is 5.90. The van der Waals surface area contributed by atoms with E-state index in [4.69, 9.17) is 14.4 Å². The molecule has 3 aromatic heterocycles. The van der Waals surface area contributed by atoms with Crippen molar-refractivity contribution in [2.24, 2.45) is 0 Å². The molecular weight excluding hydrogens is 695 g/mol. The van der Waals surface area contributed by atoms with Crippen LogP contribution in [0.2, 0.25) is 0 Å². The van der Waals surface area contributed by atoms with Crippen molar-refractivity contribution in [3.05, 3.63) is 187 Å². The zero-order chi connectivity index (χ0) is 37.8. The topological polar surface area (TPSA) is 43.9 Å². The molecule has 12 rings (SSSR count). The van der Waals surface area contributed by atoms with Crippen molar-refractivity contribution in [3.63, 3.8) is 0 Å². The number of hydrogen-bond acceptors (Lipinski definition) is 3. The largest absolute Gasteiger partial charge is 0.456 e. The highest BCUT2D eigenvalue weighted by Crippen LogP contribution is 2.53. The van der Waals surface area contributed by atoms with Crippen LogP contribution in [0.25, 0.3) is 105 Å². The van der Waals surface area contributed by atoms with Crippen LogP contribution in [0.1, 0.15) is 25.0 Å². The molecule has 0 saturated carbocycles. The van der Waals surface area contributed by atoms with Crippen molar-refractivity contribution >= 4 is 54.6 Å². The normalized spacial score (nSPS) is 13.2. The maximum absolute atomic E-state index is 6.36. The van der Waals surface area contributed by atoms with Gasteiger partial charge in [0.1, 0.15) is 11.2 Å². The Morgan fingerprint density at radius 1 is 0.439 bits per heavy atom. The Morgan fingerprint density at radius 3 is 1.84 bits per heavy atom. The number of aromatic nitrogens is 3. The van der Waals surface area contributed by atoms with Gasteiger partial charge in [0.25, 0.3) is 0 Å². The van der Waals surface area contributed by atoms with E-state index in [2.05, 4.69) is 170 Å². The van der Waals surface area contributed by atoms with Gasteiger partial charge in [0.15, 0.2) is 5.82 Å². The number of para-hydroxylation sites is 3. The molecule has 0 fully saturated rings. The molecule has 0 atom stereocenters. The van der Waals surface area contributed by atoms with Crippen LogP contribution < -0.4 is 0 Å². The summed E-state index contributed by atoms with van der Waals surface area (Å²) in [5.74, 6) is 0.723. The average molecular weight is 730 g/mol. The van der Waals surface area contributed by atoms with Gasteiger partial charge in [0, 0.05) is 49.2 Å². The Labute approximate surface area is 329 Å². The Morgan fingerprint density at radius 2 is 1.05 bits per heavy atom. The second-order valence-electron chi connectivity index (χ2n) is 15.8. The maximum atomic E-state index is 6.36. The van der Waals surface area contributed by atoms with Crippen LogP contribution in [0.15, 0.2) is 180 Å². The van der Waals surface area contributed by atoms with Gasteiger partial charge < -0.3 is 8.98 Å². The fourth-order valence-electron chi connectivity index (χ4n) is 9.33. The van der Waals surface area contributed by atoms with Crippen LogP contribution in [0, 0.1) is 0 Å². The van der Waals surface area contributed by atoms with Gasteiger partial charge in [-0.3, -0.25) is 0 Å². The molecular formula is C53H35N3O. The summed E-state index contributed by atoms with van der Waals surface area (Å²) < 4.78 is 8.79. The lowest BCUT2D eigenvalue weighted by atomic mass is 9.82. The fraction of sp³-hybridized carbons (Fsp3) is 0.0566. The Hall–Kier alpha value is -7.30. The molecule has 1 aliphatic carbocycles. The lowest BCUT2D eigenvalue weighted by molar-refractivity contribution is 0.647. The predicted octanol–water partition coefficient (Wildman–Crippen LogP) is 13.9. The van der Waals surface area contributed by atoms with Crippen molar-refractivity contribution in [1.82, 2.24) is 14.5 Å². The molecule has 4 heteroatoms. The number of nitrogens with zero attached hydrogens (tertiary/aromatic N) is 3. The van der Waals surface area contributed by atoms with E-state index < -0.39 is 0 Å². The monoisotopic (exact) mass is 729 g/mol. The van der Waals surface area contributed by atoms with Crippen LogP contribution in [-0.2, 0) is 5.41 Å². The molecule has 1 aliphatic rings. The number of rotatable bonds is 4. The predicted molar refractivity (Wildman–Crippen MR) is 235 cm³/mol. The summed E-state index contributed by atoms with van der Waals surface area (Å²) in [4.78, 5) is 10.0. The average Bonchev–Trinajstić information content (AvgIpc) is 3.87. The van der Waals surface area contributed by atoms with Crippen LogP contribution in [0.3, 0.4) is 0 Å². The second kappa shape index (κ2) is 11.8. The molecule has 0 bridgehead atoms. The first-order valence-electron chi connectivity index (χ1n) is 19.6. The smallest absolute Gasteiger partial charge is 0.160 e. The summed E-state index contributed by atoms with van der Waals surface area (Å²) >= 11 is 0. The van der Waals surface area contributed by atoms with Crippen LogP contribution in [-0.4, -0.2) is 14.5 Å². The number of furan rings is 1. The van der Waals surface area contributed by atoms with E-state index in [0.29, 0.717) is 0 Å². The summed E-state index contributed by atoms with van der Waals surface area (Å²) in [6.07, 6.45) is 0. The standard InChI is InChI=1S/C53H35N3O/c1-53(2)44-30-48-42(28-40(44)41-29-43-38-15-8-11-19-49(38)57-50(43)31-45(41)53)37-14-7-10-18-47(37)56(48)36-26-24-33(25-27-36)32-20-22-35(23-21-32)52-54-46-17-9-6-16-39(46)51(55-52)34-12-4-3-5-13-34/h3-31H,1-2H3. The van der Waals surface area contributed by atoms with Crippen LogP contribution >= 0.6 is 0 Å².